The molecule has 1 atom stereocenters. The lowest BCUT2D eigenvalue weighted by molar-refractivity contribution is -0.131. The molecule has 1 aliphatic rings. The van der Waals surface area contributed by atoms with Gasteiger partial charge in [-0.15, -0.1) is 0 Å². The molecule has 0 radical (unpaired) electrons. The number of benzene rings is 2. The number of amides is 2. The lowest BCUT2D eigenvalue weighted by Gasteiger charge is -2.21. The van der Waals surface area contributed by atoms with Gasteiger partial charge in [-0.2, -0.15) is 0 Å². The molecule has 0 saturated carbocycles. The van der Waals surface area contributed by atoms with Gasteiger partial charge in [0.15, 0.2) is 0 Å². The van der Waals surface area contributed by atoms with E-state index in [0.29, 0.717) is 18.5 Å². The van der Waals surface area contributed by atoms with E-state index >= 15 is 0 Å². The second kappa shape index (κ2) is 10.2. The van der Waals surface area contributed by atoms with E-state index in [2.05, 4.69) is 9.88 Å². The van der Waals surface area contributed by atoms with Crippen LogP contribution in [0, 0.1) is 13.8 Å². The summed E-state index contributed by atoms with van der Waals surface area (Å²) in [5.74, 6) is 0.866. The van der Waals surface area contributed by atoms with Gasteiger partial charge in [-0.3, -0.25) is 9.59 Å². The van der Waals surface area contributed by atoms with Crippen LogP contribution < -0.4 is 5.32 Å². The summed E-state index contributed by atoms with van der Waals surface area (Å²) in [6, 6.07) is 13.5. The van der Waals surface area contributed by atoms with Crippen molar-refractivity contribution in [3.05, 3.63) is 65.0 Å². The smallest absolute Gasteiger partial charge is 0.252 e. The minimum absolute atomic E-state index is 0.112. The van der Waals surface area contributed by atoms with E-state index in [1.54, 1.807) is 0 Å². The molecule has 0 bridgehead atoms. The molecule has 6 heteroatoms. The summed E-state index contributed by atoms with van der Waals surface area (Å²) in [5, 5.41) is 3.12. The molecule has 1 saturated heterocycles. The lowest BCUT2D eigenvalue weighted by Crippen LogP contribution is -2.33. The van der Waals surface area contributed by atoms with Crippen LogP contribution in [0.15, 0.2) is 42.5 Å². The van der Waals surface area contributed by atoms with E-state index in [9.17, 15) is 9.59 Å². The van der Waals surface area contributed by atoms with E-state index in [-0.39, 0.29) is 17.9 Å². The summed E-state index contributed by atoms with van der Waals surface area (Å²) in [6.45, 7) is 8.20. The predicted molar refractivity (Wildman–Crippen MR) is 131 cm³/mol. The summed E-state index contributed by atoms with van der Waals surface area (Å²) >= 11 is 0. The topological polar surface area (TPSA) is 67.2 Å². The van der Waals surface area contributed by atoms with Gasteiger partial charge < -0.3 is 14.8 Å². The van der Waals surface area contributed by atoms with Crippen molar-refractivity contribution in [2.75, 3.05) is 13.1 Å². The van der Waals surface area contributed by atoms with Gasteiger partial charge in [0.05, 0.1) is 17.1 Å². The normalized spacial score (nSPS) is 15.3. The number of nitrogens with zero attached hydrogens (tertiary/aromatic N) is 3. The predicted octanol–water partition coefficient (Wildman–Crippen LogP) is 4.94. The van der Waals surface area contributed by atoms with E-state index in [1.165, 1.54) is 12.8 Å². The molecule has 1 aromatic heterocycles. The van der Waals surface area contributed by atoms with Gasteiger partial charge >= 0.3 is 0 Å². The van der Waals surface area contributed by atoms with Crippen LogP contribution in [0.4, 0.5) is 0 Å². The van der Waals surface area contributed by atoms with Gasteiger partial charge in [0, 0.05) is 31.6 Å². The third-order valence-electron chi connectivity index (χ3n) is 6.55. The largest absolute Gasteiger partial charge is 0.343 e. The quantitative estimate of drug-likeness (QED) is 0.583. The van der Waals surface area contributed by atoms with Crippen LogP contribution in [-0.4, -0.2) is 39.4 Å². The highest BCUT2D eigenvalue weighted by Gasteiger charge is 2.21. The number of para-hydroxylation sites is 2. The number of hydrogen-bond acceptors (Lipinski definition) is 3. The first-order valence-corrected chi connectivity index (χ1v) is 12.0. The van der Waals surface area contributed by atoms with E-state index in [1.807, 2.05) is 68.1 Å². The molecule has 33 heavy (non-hydrogen) atoms. The zero-order valence-corrected chi connectivity index (χ0v) is 19.9. The second-order valence-electron chi connectivity index (χ2n) is 9.17. The van der Waals surface area contributed by atoms with Crippen LogP contribution in [0.3, 0.4) is 0 Å². The fourth-order valence-corrected chi connectivity index (χ4v) is 4.75. The Labute approximate surface area is 196 Å². The summed E-state index contributed by atoms with van der Waals surface area (Å²) in [7, 11) is 0. The number of aromatic nitrogens is 2. The van der Waals surface area contributed by atoms with Gasteiger partial charge in [0.2, 0.25) is 5.91 Å². The molecule has 0 spiro atoms. The molecule has 4 rings (SSSR count). The van der Waals surface area contributed by atoms with Crippen LogP contribution in [0.2, 0.25) is 0 Å². The van der Waals surface area contributed by atoms with Crippen molar-refractivity contribution >= 4 is 22.8 Å². The number of fused-ring (bicyclic) bond motifs is 1. The summed E-state index contributed by atoms with van der Waals surface area (Å²) in [5.41, 5.74) is 4.63. The first-order valence-electron chi connectivity index (χ1n) is 12.0. The molecule has 1 N–H and O–H groups in total. The van der Waals surface area contributed by atoms with Crippen LogP contribution in [0.25, 0.3) is 11.0 Å². The number of carbonyl (C=O) groups is 2. The van der Waals surface area contributed by atoms with E-state index in [4.69, 9.17) is 4.98 Å². The Hall–Kier alpha value is -3.15. The van der Waals surface area contributed by atoms with Gasteiger partial charge in [0.1, 0.15) is 5.82 Å². The molecule has 1 unspecified atom stereocenters. The van der Waals surface area contributed by atoms with Crippen LogP contribution >= 0.6 is 0 Å². The molecule has 2 aromatic carbocycles. The standard InChI is InChI=1S/C27H34N4O2/c1-19-12-13-22(20(2)18-19)27(33)28-21(3)26-29-23-10-6-7-11-24(23)31(26)17-14-25(32)30-15-8-4-5-9-16-30/h6-7,10-13,18,21H,4-5,8-9,14-17H2,1-3H3,(H,28,33). The molecule has 0 aliphatic carbocycles. The molecular weight excluding hydrogens is 412 g/mol. The lowest BCUT2D eigenvalue weighted by atomic mass is 10.0. The minimum atomic E-state index is -0.293. The van der Waals surface area contributed by atoms with Crippen LogP contribution in [-0.2, 0) is 11.3 Å². The highest BCUT2D eigenvalue weighted by Crippen LogP contribution is 2.23. The Morgan fingerprint density at radius 3 is 2.48 bits per heavy atom. The SMILES string of the molecule is Cc1ccc(C(=O)NC(C)c2nc3ccccc3n2CCC(=O)N2CCCCCC2)c(C)c1. The Bertz CT molecular complexity index is 1140. The number of rotatable bonds is 6. The van der Waals surface area contributed by atoms with Crippen molar-refractivity contribution in [3.63, 3.8) is 0 Å². The fourth-order valence-electron chi connectivity index (χ4n) is 4.75. The van der Waals surface area contributed by atoms with E-state index in [0.717, 1.165) is 53.9 Å². The Morgan fingerprint density at radius 2 is 1.76 bits per heavy atom. The first-order chi connectivity index (χ1) is 15.9. The molecule has 2 amide bonds. The van der Waals surface area contributed by atoms with Crippen molar-refractivity contribution in [3.8, 4) is 0 Å². The summed E-state index contributed by atoms with van der Waals surface area (Å²) in [4.78, 5) is 32.7. The van der Waals surface area contributed by atoms with Gasteiger partial charge in [0.25, 0.3) is 5.91 Å². The number of likely N-dealkylation sites (tertiary alicyclic amines) is 1. The molecule has 6 nitrogen and oxygen atoms in total. The maximum Gasteiger partial charge on any atom is 0.252 e. The number of hydrogen-bond donors (Lipinski definition) is 1. The average molecular weight is 447 g/mol. The van der Waals surface area contributed by atoms with E-state index < -0.39 is 0 Å². The third-order valence-corrected chi connectivity index (χ3v) is 6.55. The monoisotopic (exact) mass is 446 g/mol. The highest BCUT2D eigenvalue weighted by atomic mass is 16.2. The number of aryl methyl sites for hydroxylation is 3. The second-order valence-corrected chi connectivity index (χ2v) is 9.17. The Balaban J connectivity index is 1.54. The van der Waals surface area contributed by atoms with Crippen molar-refractivity contribution in [1.29, 1.82) is 0 Å². The number of nitrogens with one attached hydrogen (secondary N) is 1. The summed E-state index contributed by atoms with van der Waals surface area (Å²) < 4.78 is 2.10. The van der Waals surface area contributed by atoms with Crippen molar-refractivity contribution in [2.24, 2.45) is 0 Å². The molecule has 1 fully saturated rings. The van der Waals surface area contributed by atoms with Gasteiger partial charge in [-0.05, 0) is 57.4 Å². The number of imidazole rings is 1. The van der Waals surface area contributed by atoms with Crippen LogP contribution in [0.1, 0.15) is 72.4 Å². The highest BCUT2D eigenvalue weighted by molar-refractivity contribution is 5.96. The molecule has 1 aliphatic heterocycles. The maximum absolute atomic E-state index is 13.0. The third kappa shape index (κ3) is 5.27. The van der Waals surface area contributed by atoms with Crippen LogP contribution in [0.5, 0.6) is 0 Å². The average Bonchev–Trinajstić information content (AvgIpc) is 2.95. The van der Waals surface area contributed by atoms with Crippen molar-refractivity contribution < 1.29 is 9.59 Å². The molecule has 174 valence electrons. The Kier molecular flexibility index (Phi) is 7.11. The molecule has 3 aromatic rings. The number of carbonyl (C=O) groups excluding carboxylic acids is 2. The summed E-state index contributed by atoms with van der Waals surface area (Å²) in [6.07, 6.45) is 5.03. The zero-order valence-electron chi connectivity index (χ0n) is 19.9. The van der Waals surface area contributed by atoms with Gasteiger partial charge in [-0.25, -0.2) is 4.98 Å². The van der Waals surface area contributed by atoms with Gasteiger partial charge in [-0.1, -0.05) is 42.7 Å². The minimum Gasteiger partial charge on any atom is -0.343 e. The maximum atomic E-state index is 13.0. The van der Waals surface area contributed by atoms with Crippen molar-refractivity contribution in [1.82, 2.24) is 19.8 Å². The fraction of sp³-hybridized carbons (Fsp3) is 0.444. The molecule has 2 heterocycles. The Morgan fingerprint density at radius 1 is 1.03 bits per heavy atom. The first kappa shape index (κ1) is 23.0. The molecular formula is C27H34N4O2. The zero-order chi connectivity index (χ0) is 23.4. The van der Waals surface area contributed by atoms with Crippen molar-refractivity contribution in [2.45, 2.75) is 65.5 Å².